The van der Waals surface area contributed by atoms with E-state index in [2.05, 4.69) is 202 Å². The van der Waals surface area contributed by atoms with Crippen molar-refractivity contribution >= 4 is 37.6 Å². The first-order chi connectivity index (χ1) is 63.8. The summed E-state index contributed by atoms with van der Waals surface area (Å²) in [7, 11) is -2.31. The highest BCUT2D eigenvalue weighted by atomic mass is 31.2. The molecule has 732 valence electrons. The van der Waals surface area contributed by atoms with E-state index in [4.69, 9.17) is 35.5 Å². The maximum absolute atomic E-state index is 12.3. The average molecular weight is 1820 g/mol. The smallest absolute Gasteiger partial charge is 0.481 e. The van der Waals surface area contributed by atoms with Gasteiger partial charge in [0.15, 0.2) is 0 Å². The van der Waals surface area contributed by atoms with Crippen LogP contribution in [-0.4, -0.2) is 68.4 Å². The zero-order valence-corrected chi connectivity index (χ0v) is 83.0. The van der Waals surface area contributed by atoms with E-state index in [1.54, 1.807) is 73.8 Å². The molecule has 3 rings (SSSR count). The molecule has 23 heteroatoms. The Morgan fingerprint density at radius 3 is 0.908 bits per heavy atom. The number of carboxylic acids is 1. The van der Waals surface area contributed by atoms with Gasteiger partial charge in [-0.05, 0) is 257 Å². The molecule has 1 heterocycles. The van der Waals surface area contributed by atoms with Crippen molar-refractivity contribution in [3.63, 3.8) is 0 Å². The number of carbonyl (C=O) groups excluding carboxylic acids is 4. The van der Waals surface area contributed by atoms with E-state index >= 15 is 0 Å². The molecule has 22 nitrogen and oxygen atoms in total. The predicted octanol–water partition coefficient (Wildman–Crippen LogP) is 35.6. The number of nitrogens with zero attached hydrogens (tertiary/aromatic N) is 10. The number of hydrogen-bond acceptors (Lipinski definition) is 10. The minimum Gasteiger partial charge on any atom is -0.481 e. The van der Waals surface area contributed by atoms with E-state index in [0.717, 1.165) is 135 Å². The van der Waals surface area contributed by atoms with Crippen LogP contribution < -0.4 is 19.7 Å². The number of aliphatic carboxylic acids is 1. The molecule has 0 spiro atoms. The lowest BCUT2D eigenvalue weighted by atomic mass is 10.1. The van der Waals surface area contributed by atoms with Crippen molar-refractivity contribution in [1.82, 2.24) is 10.6 Å². The minimum absolute atomic E-state index is 0.0791. The number of allylic oxidation sites excluding steroid dienone is 20. The fourth-order valence-corrected chi connectivity index (χ4v) is 13.6. The quantitative estimate of drug-likeness (QED) is 0.00821. The highest BCUT2D eigenvalue weighted by Crippen LogP contribution is 2.50. The number of ether oxygens (including phenoxy) is 1. The summed E-state index contributed by atoms with van der Waals surface area (Å²) in [6.07, 6.45) is 116. The number of benzene rings is 2. The summed E-state index contributed by atoms with van der Waals surface area (Å²) in [5.41, 5.74) is 24.7. The van der Waals surface area contributed by atoms with Crippen LogP contribution in [0.25, 0.3) is 31.3 Å². The van der Waals surface area contributed by atoms with Crippen LogP contribution in [-0.2, 0) is 28.5 Å². The summed E-state index contributed by atoms with van der Waals surface area (Å²) in [4.78, 5) is 67.1. The van der Waals surface area contributed by atoms with Crippen LogP contribution in [0.1, 0.15) is 420 Å². The lowest BCUT2D eigenvalue weighted by Gasteiger charge is -2.14. The third-order valence-corrected chi connectivity index (χ3v) is 21.3. The summed E-state index contributed by atoms with van der Waals surface area (Å²) in [6, 6.07) is 16.7. The van der Waals surface area contributed by atoms with Crippen molar-refractivity contribution in [1.29, 1.82) is 0 Å². The highest BCUT2D eigenvalue weighted by Gasteiger charge is 2.27. The van der Waals surface area contributed by atoms with Crippen LogP contribution in [0.15, 0.2) is 202 Å². The molecule has 130 heavy (non-hydrogen) atoms. The van der Waals surface area contributed by atoms with Gasteiger partial charge in [0.25, 0.3) is 0 Å². The standard InChI is InChI=1S/C19H36N2O.2C18H31N3O.C18H31NO.C18H32O2.C12H10N3O3P.C4H8O/c1-3-4-5-6-7-8-9-10-11-12-13-14-15-16-17-18-21-19(22)20-2;2*1-2-3-4-5-6-7-8-9-10-11-12-13-14-15-16-17-18(22)20-21-19;1-2-3-4-5-6-7-8-9-10-11-12-13-14-15-16-17-19-18-20;1-2-3-4-5-6-7-8-9-10-11-12-13-14-15-16-17-18(19)20;13-14-15-19(16,17-11-7-3-1-4-8-11)18-12-9-5-2-6-10-12;1-2-4-5-3-1/h7-8,10-11H,3-6,9,12-18H2,1-2H3,(H2,20,21,22);2*6-7,9-10H,2-5,8,11-17H2,1H3;6-7,9-10H,2-5,8,11-17H2,1H3;6-7,9-10H,2-5,8,11-17H2,1H3,(H,19,20);1-10H;1-4H2/b8-7-,11-10-;4*7-6-,10-9-;;. The third kappa shape index (κ3) is 115. The van der Waals surface area contributed by atoms with Crippen LogP contribution in [0.4, 0.5) is 4.79 Å². The first-order valence-corrected chi connectivity index (χ1v) is 51.9. The Kier molecular flexibility index (Phi) is 112. The van der Waals surface area contributed by atoms with Gasteiger partial charge in [0, 0.05) is 65.7 Å². The van der Waals surface area contributed by atoms with Crippen molar-refractivity contribution in [2.45, 2.75) is 420 Å². The van der Waals surface area contributed by atoms with E-state index in [9.17, 15) is 28.5 Å². The van der Waals surface area contributed by atoms with Gasteiger partial charge in [0.1, 0.15) is 11.5 Å². The molecule has 0 unspecified atom stereocenters. The highest BCUT2D eigenvalue weighted by molar-refractivity contribution is 7.53. The molecule has 0 saturated carbocycles. The predicted molar refractivity (Wildman–Crippen MR) is 550 cm³/mol. The third-order valence-electron chi connectivity index (χ3n) is 20.2. The maximum Gasteiger partial charge on any atom is 0.525 e. The SMILES string of the molecule is C1CCOC1.CCCCC/C=C\C/C=C\CCCCCCCC(=O)N=[N+]=[N-].CCCCC/C=C\C/C=C\CCCCCCCC(=O)N=[N+]=[N-].CCCCC/C=C\C/C=C\CCCCCCCC(=O)O.CCCCC/C=C\C/C=C\CCCCCCCN=C=O.CCCCC/C=C\C/C=C\CCCCCCCNC(=O)NC.[N-]=[N+]=NP(=O)(Oc1ccccc1)Oc1ccccc1. The number of carboxylic acid groups (broad SMARTS) is 1. The van der Waals surface area contributed by atoms with E-state index in [-0.39, 0.29) is 17.8 Å². The first kappa shape index (κ1) is 127. The summed E-state index contributed by atoms with van der Waals surface area (Å²) < 4.78 is 27.6. The molecule has 2 aromatic rings. The molecule has 0 bridgehead atoms. The van der Waals surface area contributed by atoms with Crippen LogP contribution >= 0.6 is 7.75 Å². The van der Waals surface area contributed by atoms with Crippen molar-refractivity contribution in [3.05, 3.63) is 214 Å². The second-order valence-electron chi connectivity index (χ2n) is 32.2. The molecule has 0 atom stereocenters. The summed E-state index contributed by atoms with van der Waals surface area (Å²) in [6.45, 7) is 14.6. The molecule has 1 fully saturated rings. The number of amides is 4. The number of para-hydroxylation sites is 2. The van der Waals surface area contributed by atoms with Crippen molar-refractivity contribution in [3.8, 4) is 11.5 Å². The number of hydrogen-bond donors (Lipinski definition) is 3. The van der Waals surface area contributed by atoms with Gasteiger partial charge < -0.3 is 29.5 Å². The zero-order valence-electron chi connectivity index (χ0n) is 82.1. The Balaban J connectivity index is -0.000000724. The number of rotatable bonds is 75. The summed E-state index contributed by atoms with van der Waals surface area (Å²) >= 11 is 0. The monoisotopic (exact) mass is 1820 g/mol. The van der Waals surface area contributed by atoms with E-state index in [1.165, 1.54) is 250 Å². The van der Waals surface area contributed by atoms with E-state index in [0.29, 0.717) is 37.3 Å². The van der Waals surface area contributed by atoms with Gasteiger partial charge in [0.2, 0.25) is 17.9 Å². The second-order valence-corrected chi connectivity index (χ2v) is 33.7. The fourth-order valence-electron chi connectivity index (χ4n) is 12.6. The van der Waals surface area contributed by atoms with Gasteiger partial charge in [0.05, 0.1) is 6.54 Å². The number of unbranched alkanes of at least 4 members (excludes halogenated alkanes) is 40. The van der Waals surface area contributed by atoms with Crippen LogP contribution in [0, 0.1) is 0 Å². The number of isocyanates is 1. The molecule has 2 aromatic carbocycles. The largest absolute Gasteiger partial charge is 0.525 e. The van der Waals surface area contributed by atoms with Crippen LogP contribution in [0.5, 0.6) is 11.5 Å². The Hall–Kier alpha value is -8.98. The molecule has 1 aliphatic rings. The molecule has 0 aromatic heterocycles. The Labute approximate surface area is 789 Å². The molecule has 0 aliphatic carbocycles. The zero-order chi connectivity index (χ0) is 95.6. The topological polar surface area (TPSA) is 333 Å². The lowest BCUT2D eigenvalue weighted by Crippen LogP contribution is -2.33. The molecular weight excluding hydrogens is 1640 g/mol. The van der Waals surface area contributed by atoms with Gasteiger partial charge in [-0.15, -0.1) is 0 Å². The first-order valence-electron chi connectivity index (χ1n) is 50.4. The molecule has 1 aliphatic heterocycles. The fraction of sp³-hybridized carbons (Fsp3) is 0.654. The van der Waals surface area contributed by atoms with Gasteiger partial charge in [-0.2, -0.15) is 0 Å². The minimum atomic E-state index is -3.95. The molecule has 1 saturated heterocycles. The van der Waals surface area contributed by atoms with Gasteiger partial charge in [-0.25, -0.2) is 19.1 Å². The molecule has 3 N–H and O–H groups in total. The number of aliphatic imine (C=N–C) groups is 1. The second kappa shape index (κ2) is 114. The Morgan fingerprint density at radius 1 is 0.385 bits per heavy atom. The Bertz CT molecular complexity index is 3250. The normalized spacial score (nSPS) is 11.6. The average Bonchev–Trinajstić information content (AvgIpc) is 0.872. The Morgan fingerprint density at radius 2 is 0.654 bits per heavy atom. The van der Waals surface area contributed by atoms with Gasteiger partial charge in [-0.3, -0.25) is 14.4 Å². The van der Waals surface area contributed by atoms with Crippen molar-refractivity contribution in [2.24, 2.45) is 20.1 Å². The van der Waals surface area contributed by atoms with Crippen molar-refractivity contribution < 1.29 is 47.4 Å². The van der Waals surface area contributed by atoms with Crippen molar-refractivity contribution in [2.75, 3.05) is 33.4 Å². The van der Waals surface area contributed by atoms with Crippen LogP contribution in [0.2, 0.25) is 0 Å². The van der Waals surface area contributed by atoms with E-state index < -0.39 is 13.7 Å². The van der Waals surface area contributed by atoms with Gasteiger partial charge in [-0.1, -0.05) is 353 Å². The van der Waals surface area contributed by atoms with Gasteiger partial charge >= 0.3 is 19.7 Å². The number of azide groups is 3. The molecule has 0 radical (unpaired) electrons. The summed E-state index contributed by atoms with van der Waals surface area (Å²) in [5.74, 6) is -0.750. The number of nitrogens with one attached hydrogen (secondary N) is 2. The molecular formula is C107H179N12O10P. The number of urea groups is 1. The maximum atomic E-state index is 12.3. The number of carbonyl (C=O) groups is 4. The summed E-state index contributed by atoms with van der Waals surface area (Å²) in [5, 5.41) is 20.0. The lowest BCUT2D eigenvalue weighted by molar-refractivity contribution is -0.137. The van der Waals surface area contributed by atoms with E-state index in [1.807, 2.05) is 0 Å². The van der Waals surface area contributed by atoms with Crippen LogP contribution in [0.3, 0.4) is 0 Å². The molecule has 4 amide bonds.